The Morgan fingerprint density at radius 3 is 2.57 bits per heavy atom. The summed E-state index contributed by atoms with van der Waals surface area (Å²) < 4.78 is 27.4. The van der Waals surface area contributed by atoms with E-state index in [1.807, 2.05) is 25.1 Å². The van der Waals surface area contributed by atoms with Gasteiger partial charge in [-0.05, 0) is 56.0 Å². The summed E-state index contributed by atoms with van der Waals surface area (Å²) in [5.74, 6) is 0.649. The number of hydrogen-bond acceptors (Lipinski definition) is 5. The molecular formula is C20H26N4O3S. The first-order chi connectivity index (χ1) is 13.3. The summed E-state index contributed by atoms with van der Waals surface area (Å²) in [6.07, 6.45) is 4.03. The number of sulfonamides is 1. The van der Waals surface area contributed by atoms with Gasteiger partial charge in [-0.25, -0.2) is 18.1 Å². The first-order valence-corrected chi connectivity index (χ1v) is 10.9. The fourth-order valence-electron chi connectivity index (χ4n) is 3.19. The maximum Gasteiger partial charge on any atom is 0.240 e. The van der Waals surface area contributed by atoms with Crippen LogP contribution in [0.1, 0.15) is 30.4 Å². The third kappa shape index (κ3) is 5.08. The highest BCUT2D eigenvalue weighted by Crippen LogP contribution is 2.19. The van der Waals surface area contributed by atoms with Crippen molar-refractivity contribution in [3.05, 3.63) is 47.7 Å². The minimum Gasteiger partial charge on any atom is -0.357 e. The van der Waals surface area contributed by atoms with Crippen LogP contribution in [0.15, 0.2) is 41.4 Å². The van der Waals surface area contributed by atoms with Crippen molar-refractivity contribution in [2.45, 2.75) is 38.0 Å². The van der Waals surface area contributed by atoms with E-state index < -0.39 is 10.0 Å². The van der Waals surface area contributed by atoms with Gasteiger partial charge in [-0.3, -0.25) is 4.79 Å². The molecule has 0 unspecified atom stereocenters. The van der Waals surface area contributed by atoms with Crippen molar-refractivity contribution in [2.75, 3.05) is 29.9 Å². The van der Waals surface area contributed by atoms with Gasteiger partial charge < -0.3 is 10.2 Å². The molecule has 1 aliphatic rings. The Morgan fingerprint density at radius 1 is 1.14 bits per heavy atom. The number of carbonyl (C=O) groups excluding carboxylic acids is 1. The summed E-state index contributed by atoms with van der Waals surface area (Å²) in [6, 6.07) is 8.98. The number of carbonyl (C=O) groups is 1. The van der Waals surface area contributed by atoms with Gasteiger partial charge in [0.25, 0.3) is 0 Å². The van der Waals surface area contributed by atoms with Gasteiger partial charge in [0, 0.05) is 26.1 Å². The highest BCUT2D eigenvalue weighted by atomic mass is 32.2. The second kappa shape index (κ2) is 8.70. The van der Waals surface area contributed by atoms with Crippen LogP contribution in [0.4, 0.5) is 11.5 Å². The zero-order valence-electron chi connectivity index (χ0n) is 16.2. The summed E-state index contributed by atoms with van der Waals surface area (Å²) in [4.78, 5) is 19.0. The van der Waals surface area contributed by atoms with E-state index in [0.29, 0.717) is 11.3 Å². The molecular weight excluding hydrogens is 376 g/mol. The van der Waals surface area contributed by atoms with Crippen LogP contribution in [0.2, 0.25) is 0 Å². The lowest BCUT2D eigenvalue weighted by Crippen LogP contribution is -2.28. The molecule has 150 valence electrons. The van der Waals surface area contributed by atoms with Gasteiger partial charge in [0.05, 0.1) is 16.8 Å². The normalized spacial score (nSPS) is 14.3. The number of benzene rings is 1. The van der Waals surface area contributed by atoms with Crippen molar-refractivity contribution in [3.63, 3.8) is 0 Å². The van der Waals surface area contributed by atoms with Gasteiger partial charge in [0.2, 0.25) is 15.9 Å². The van der Waals surface area contributed by atoms with E-state index >= 15 is 0 Å². The van der Waals surface area contributed by atoms with Gasteiger partial charge in [-0.2, -0.15) is 0 Å². The van der Waals surface area contributed by atoms with Crippen LogP contribution in [0.5, 0.6) is 0 Å². The monoisotopic (exact) mass is 402 g/mol. The van der Waals surface area contributed by atoms with Gasteiger partial charge in [0.1, 0.15) is 5.82 Å². The fraction of sp³-hybridized carbons (Fsp3) is 0.400. The van der Waals surface area contributed by atoms with Crippen LogP contribution < -0.4 is 14.9 Å². The topological polar surface area (TPSA) is 91.4 Å². The molecule has 8 heteroatoms. The van der Waals surface area contributed by atoms with Gasteiger partial charge in [0.15, 0.2) is 0 Å². The van der Waals surface area contributed by atoms with E-state index in [-0.39, 0.29) is 23.8 Å². The number of aryl methyl sites for hydroxylation is 2. The number of pyridine rings is 1. The molecule has 0 saturated carbocycles. The average molecular weight is 403 g/mol. The van der Waals surface area contributed by atoms with Crippen molar-refractivity contribution in [3.8, 4) is 0 Å². The van der Waals surface area contributed by atoms with Crippen molar-refractivity contribution >= 4 is 27.4 Å². The number of nitrogens with zero attached hydrogens (tertiary/aromatic N) is 2. The molecule has 0 bridgehead atoms. The second-order valence-corrected chi connectivity index (χ2v) is 8.80. The molecule has 2 aromatic rings. The lowest BCUT2D eigenvalue weighted by atomic mass is 10.2. The maximum absolute atomic E-state index is 12.5. The molecule has 2 heterocycles. The largest absolute Gasteiger partial charge is 0.357 e. The van der Waals surface area contributed by atoms with E-state index in [4.69, 9.17) is 0 Å². The van der Waals surface area contributed by atoms with Crippen LogP contribution in [0, 0.1) is 13.8 Å². The van der Waals surface area contributed by atoms with E-state index in [0.717, 1.165) is 24.5 Å². The summed E-state index contributed by atoms with van der Waals surface area (Å²) in [5, 5.41) is 2.75. The Hall–Kier alpha value is -2.45. The number of hydrogen-bond donors (Lipinski definition) is 2. The fourth-order valence-corrected chi connectivity index (χ4v) is 4.55. The summed E-state index contributed by atoms with van der Waals surface area (Å²) >= 11 is 0. The summed E-state index contributed by atoms with van der Waals surface area (Å²) in [7, 11) is -3.64. The molecule has 1 amide bonds. The van der Waals surface area contributed by atoms with Crippen LogP contribution in [0.3, 0.4) is 0 Å². The molecule has 1 aliphatic heterocycles. The van der Waals surface area contributed by atoms with E-state index in [9.17, 15) is 13.2 Å². The Kier molecular flexibility index (Phi) is 6.31. The van der Waals surface area contributed by atoms with E-state index in [2.05, 4.69) is 19.9 Å². The van der Waals surface area contributed by atoms with Crippen molar-refractivity contribution < 1.29 is 13.2 Å². The molecule has 1 fully saturated rings. The summed E-state index contributed by atoms with van der Waals surface area (Å²) in [6.45, 7) is 5.65. The predicted octanol–water partition coefficient (Wildman–Crippen LogP) is 2.61. The first-order valence-electron chi connectivity index (χ1n) is 9.43. The zero-order valence-corrected chi connectivity index (χ0v) is 17.1. The predicted molar refractivity (Wildman–Crippen MR) is 110 cm³/mol. The van der Waals surface area contributed by atoms with Crippen molar-refractivity contribution in [1.29, 1.82) is 0 Å². The lowest BCUT2D eigenvalue weighted by Gasteiger charge is -2.16. The number of amides is 1. The molecule has 0 atom stereocenters. The third-order valence-electron chi connectivity index (χ3n) is 4.74. The standard InChI is InChI=1S/C20H26N4O3S/c1-15-5-6-16(2)18(13-15)28(26,27)22-10-9-20(25)23-17-7-8-19(21-14-17)24-11-3-4-12-24/h5-8,13-14,22H,3-4,9-12H2,1-2H3,(H,23,25). The maximum atomic E-state index is 12.5. The SMILES string of the molecule is Cc1ccc(C)c(S(=O)(=O)NCCC(=O)Nc2ccc(N3CCCC3)nc2)c1. The van der Waals surface area contributed by atoms with Crippen LogP contribution >= 0.6 is 0 Å². The van der Waals surface area contributed by atoms with Gasteiger partial charge >= 0.3 is 0 Å². The lowest BCUT2D eigenvalue weighted by molar-refractivity contribution is -0.116. The number of anilines is 2. The smallest absolute Gasteiger partial charge is 0.240 e. The molecule has 1 saturated heterocycles. The Labute approximate surface area is 166 Å². The molecule has 28 heavy (non-hydrogen) atoms. The average Bonchev–Trinajstić information content (AvgIpc) is 3.19. The quantitative estimate of drug-likeness (QED) is 0.743. The molecule has 0 aliphatic carbocycles. The second-order valence-electron chi connectivity index (χ2n) is 7.06. The minimum atomic E-state index is -3.64. The minimum absolute atomic E-state index is 0.0286. The van der Waals surface area contributed by atoms with E-state index in [1.54, 1.807) is 25.3 Å². The van der Waals surface area contributed by atoms with Gasteiger partial charge in [-0.1, -0.05) is 12.1 Å². The molecule has 1 aromatic carbocycles. The molecule has 2 N–H and O–H groups in total. The van der Waals surface area contributed by atoms with Crippen LogP contribution in [-0.2, 0) is 14.8 Å². The number of nitrogens with one attached hydrogen (secondary N) is 2. The molecule has 1 aromatic heterocycles. The van der Waals surface area contributed by atoms with Gasteiger partial charge in [-0.15, -0.1) is 0 Å². The van der Waals surface area contributed by atoms with Crippen LogP contribution in [-0.4, -0.2) is 38.9 Å². The highest BCUT2D eigenvalue weighted by Gasteiger charge is 2.17. The molecule has 7 nitrogen and oxygen atoms in total. The Bertz CT molecular complexity index is 936. The van der Waals surface area contributed by atoms with E-state index in [1.165, 1.54) is 12.8 Å². The Morgan fingerprint density at radius 2 is 1.89 bits per heavy atom. The molecule has 3 rings (SSSR count). The zero-order chi connectivity index (χ0) is 20.1. The van der Waals surface area contributed by atoms with Crippen LogP contribution in [0.25, 0.3) is 0 Å². The first kappa shape index (κ1) is 20.3. The third-order valence-corrected chi connectivity index (χ3v) is 6.34. The highest BCUT2D eigenvalue weighted by molar-refractivity contribution is 7.89. The molecule has 0 spiro atoms. The molecule has 0 radical (unpaired) electrons. The number of aromatic nitrogens is 1. The number of rotatable bonds is 7. The Balaban J connectivity index is 1.50. The summed E-state index contributed by atoms with van der Waals surface area (Å²) in [5.41, 5.74) is 2.14. The van der Waals surface area contributed by atoms with Crippen molar-refractivity contribution in [2.24, 2.45) is 0 Å². The van der Waals surface area contributed by atoms with Crippen molar-refractivity contribution in [1.82, 2.24) is 9.71 Å².